The van der Waals surface area contributed by atoms with Crippen LogP contribution in [0.5, 0.6) is 0 Å². The van der Waals surface area contributed by atoms with Crippen molar-refractivity contribution < 1.29 is 14.4 Å². The highest BCUT2D eigenvalue weighted by molar-refractivity contribution is 6.39. The first kappa shape index (κ1) is 19.9. The van der Waals surface area contributed by atoms with E-state index in [9.17, 15) is 14.4 Å². The highest BCUT2D eigenvalue weighted by atomic mass is 16.2. The molecule has 0 bridgehead atoms. The van der Waals surface area contributed by atoms with Crippen molar-refractivity contribution in [2.75, 3.05) is 17.6 Å². The number of nitrogen functional groups attached to an aromatic ring is 1. The number of piperidine rings is 1. The summed E-state index contributed by atoms with van der Waals surface area (Å²) in [5.41, 5.74) is 9.42. The number of nitrogens with one attached hydrogen (secondary N) is 2. The SMILES string of the molecule is Cc1cc(NC(=O)C(=O)N2C[C@H](C)CC[C@H]2c2ccc3c(c2)CNC3=O)cnc1N. The highest BCUT2D eigenvalue weighted by Crippen LogP contribution is 2.35. The third kappa shape index (κ3) is 3.72. The molecule has 0 unspecified atom stereocenters. The van der Waals surface area contributed by atoms with Crippen LogP contribution in [0.2, 0.25) is 0 Å². The van der Waals surface area contributed by atoms with Crippen LogP contribution in [0, 0.1) is 12.8 Å². The van der Waals surface area contributed by atoms with Crippen molar-refractivity contribution in [3.8, 4) is 0 Å². The second-order valence-electron chi connectivity index (χ2n) is 8.14. The van der Waals surface area contributed by atoms with Gasteiger partial charge in [-0.1, -0.05) is 19.1 Å². The summed E-state index contributed by atoms with van der Waals surface area (Å²) in [5, 5.41) is 5.45. The number of fused-ring (bicyclic) bond motifs is 1. The van der Waals surface area contributed by atoms with Crippen LogP contribution in [0.25, 0.3) is 0 Å². The van der Waals surface area contributed by atoms with Crippen LogP contribution in [0.1, 0.15) is 52.9 Å². The molecule has 1 aromatic heterocycles. The number of aromatic nitrogens is 1. The van der Waals surface area contributed by atoms with Gasteiger partial charge in [-0.2, -0.15) is 0 Å². The number of rotatable bonds is 2. The molecule has 3 heterocycles. The number of amides is 3. The number of hydrogen-bond donors (Lipinski definition) is 3. The van der Waals surface area contributed by atoms with E-state index in [2.05, 4.69) is 22.5 Å². The second kappa shape index (κ2) is 7.78. The Morgan fingerprint density at radius 2 is 2.07 bits per heavy atom. The van der Waals surface area contributed by atoms with E-state index in [0.717, 1.165) is 29.5 Å². The molecule has 8 heteroatoms. The fourth-order valence-electron chi connectivity index (χ4n) is 4.15. The number of pyridine rings is 1. The Labute approximate surface area is 174 Å². The third-order valence-electron chi connectivity index (χ3n) is 5.85. The van der Waals surface area contributed by atoms with E-state index in [1.54, 1.807) is 24.0 Å². The van der Waals surface area contributed by atoms with Crippen LogP contribution in [0.3, 0.4) is 0 Å². The average Bonchev–Trinajstić information content (AvgIpc) is 3.10. The number of aryl methyl sites for hydroxylation is 1. The Balaban J connectivity index is 1.56. The molecule has 1 fully saturated rings. The summed E-state index contributed by atoms with van der Waals surface area (Å²) in [6, 6.07) is 7.15. The fraction of sp³-hybridized carbons (Fsp3) is 0.364. The van der Waals surface area contributed by atoms with E-state index >= 15 is 0 Å². The molecule has 8 nitrogen and oxygen atoms in total. The summed E-state index contributed by atoms with van der Waals surface area (Å²) < 4.78 is 0. The van der Waals surface area contributed by atoms with Crippen LogP contribution in [-0.2, 0) is 16.1 Å². The second-order valence-corrected chi connectivity index (χ2v) is 8.14. The van der Waals surface area contributed by atoms with Gasteiger partial charge in [-0.25, -0.2) is 4.98 Å². The smallest absolute Gasteiger partial charge is 0.313 e. The van der Waals surface area contributed by atoms with E-state index in [1.165, 1.54) is 6.20 Å². The lowest BCUT2D eigenvalue weighted by molar-refractivity contribution is -0.146. The topological polar surface area (TPSA) is 117 Å². The lowest BCUT2D eigenvalue weighted by Crippen LogP contribution is -2.46. The molecule has 156 valence electrons. The van der Waals surface area contributed by atoms with Crippen molar-refractivity contribution in [3.05, 3.63) is 52.7 Å². The average molecular weight is 407 g/mol. The molecular formula is C22H25N5O3. The van der Waals surface area contributed by atoms with Crippen LogP contribution in [-0.4, -0.2) is 34.2 Å². The molecule has 2 aliphatic heterocycles. The Hall–Kier alpha value is -3.42. The number of anilines is 2. The third-order valence-corrected chi connectivity index (χ3v) is 5.85. The maximum atomic E-state index is 13.1. The summed E-state index contributed by atoms with van der Waals surface area (Å²) in [6.45, 7) is 4.86. The molecule has 0 radical (unpaired) electrons. The lowest BCUT2D eigenvalue weighted by Gasteiger charge is -2.38. The van der Waals surface area contributed by atoms with Crippen molar-refractivity contribution in [2.45, 2.75) is 39.3 Å². The number of hydrogen-bond acceptors (Lipinski definition) is 5. The summed E-state index contributed by atoms with van der Waals surface area (Å²) >= 11 is 0. The van der Waals surface area contributed by atoms with Crippen molar-refractivity contribution in [2.24, 2.45) is 5.92 Å². The van der Waals surface area contributed by atoms with Crippen LogP contribution in [0.4, 0.5) is 11.5 Å². The molecule has 1 saturated heterocycles. The quantitative estimate of drug-likeness (QED) is 0.660. The minimum Gasteiger partial charge on any atom is -0.383 e. The number of nitrogens with zero attached hydrogens (tertiary/aromatic N) is 2. The van der Waals surface area contributed by atoms with E-state index < -0.39 is 11.8 Å². The number of benzene rings is 1. The number of carbonyl (C=O) groups is 3. The molecular weight excluding hydrogens is 382 g/mol. The predicted octanol–water partition coefficient (Wildman–Crippen LogP) is 2.15. The minimum absolute atomic E-state index is 0.0754. The summed E-state index contributed by atoms with van der Waals surface area (Å²) in [7, 11) is 0. The van der Waals surface area contributed by atoms with Gasteiger partial charge in [0.1, 0.15) is 5.82 Å². The van der Waals surface area contributed by atoms with E-state index in [0.29, 0.717) is 36.1 Å². The number of carbonyl (C=O) groups excluding carboxylic acids is 3. The molecule has 1 aromatic carbocycles. The zero-order chi connectivity index (χ0) is 21.4. The Bertz CT molecular complexity index is 1040. The summed E-state index contributed by atoms with van der Waals surface area (Å²) in [4.78, 5) is 43.3. The van der Waals surface area contributed by atoms with E-state index in [1.807, 2.05) is 12.1 Å². The van der Waals surface area contributed by atoms with Gasteiger partial charge in [-0.15, -0.1) is 0 Å². The van der Waals surface area contributed by atoms with Crippen molar-refractivity contribution >= 4 is 29.2 Å². The first-order chi connectivity index (χ1) is 14.3. The number of likely N-dealkylation sites (tertiary alicyclic amines) is 1. The first-order valence-electron chi connectivity index (χ1n) is 10.1. The van der Waals surface area contributed by atoms with Crippen molar-refractivity contribution in [3.63, 3.8) is 0 Å². The molecule has 3 amide bonds. The van der Waals surface area contributed by atoms with Gasteiger partial charge in [0.15, 0.2) is 0 Å². The molecule has 0 saturated carbocycles. The molecule has 4 rings (SSSR count). The Morgan fingerprint density at radius 1 is 1.27 bits per heavy atom. The molecule has 4 N–H and O–H groups in total. The molecule has 0 aliphatic carbocycles. The zero-order valence-electron chi connectivity index (χ0n) is 17.1. The van der Waals surface area contributed by atoms with E-state index in [4.69, 9.17) is 5.73 Å². The Morgan fingerprint density at radius 3 is 2.83 bits per heavy atom. The largest absolute Gasteiger partial charge is 0.383 e. The zero-order valence-corrected chi connectivity index (χ0v) is 17.1. The van der Waals surface area contributed by atoms with Gasteiger partial charge in [0.05, 0.1) is 17.9 Å². The number of nitrogens with two attached hydrogens (primary N) is 1. The lowest BCUT2D eigenvalue weighted by atomic mass is 9.88. The van der Waals surface area contributed by atoms with Crippen molar-refractivity contribution in [1.82, 2.24) is 15.2 Å². The molecule has 0 spiro atoms. The first-order valence-corrected chi connectivity index (χ1v) is 10.1. The van der Waals surface area contributed by atoms with Crippen LogP contribution < -0.4 is 16.4 Å². The Kier molecular flexibility index (Phi) is 5.15. The van der Waals surface area contributed by atoms with Crippen LogP contribution >= 0.6 is 0 Å². The van der Waals surface area contributed by atoms with Gasteiger partial charge in [0.25, 0.3) is 5.91 Å². The van der Waals surface area contributed by atoms with Gasteiger partial charge < -0.3 is 21.3 Å². The molecule has 2 aliphatic rings. The monoisotopic (exact) mass is 407 g/mol. The van der Waals surface area contributed by atoms with Gasteiger partial charge in [-0.05, 0) is 54.5 Å². The minimum atomic E-state index is -0.696. The molecule has 2 aromatic rings. The summed E-state index contributed by atoms with van der Waals surface area (Å²) in [5.74, 6) is -0.660. The normalized spacial score (nSPS) is 20.5. The maximum Gasteiger partial charge on any atom is 0.313 e. The predicted molar refractivity (Wildman–Crippen MR) is 112 cm³/mol. The van der Waals surface area contributed by atoms with Crippen LogP contribution in [0.15, 0.2) is 30.5 Å². The summed E-state index contributed by atoms with van der Waals surface area (Å²) in [6.07, 6.45) is 3.17. The molecule has 30 heavy (non-hydrogen) atoms. The van der Waals surface area contributed by atoms with Crippen molar-refractivity contribution in [1.29, 1.82) is 0 Å². The standard InChI is InChI=1S/C22H25N5O3/c1-12-3-6-18(14-4-5-17-15(8-14)9-25-20(17)28)27(11-12)22(30)21(29)26-16-7-13(2)19(23)24-10-16/h4-5,7-8,10,12,18H,3,6,9,11H2,1-2H3,(H2,23,24)(H,25,28)(H,26,29)/t12-,18+/m1/s1. The van der Waals surface area contributed by atoms with Gasteiger partial charge in [0.2, 0.25) is 0 Å². The van der Waals surface area contributed by atoms with Gasteiger partial charge >= 0.3 is 11.8 Å². The van der Waals surface area contributed by atoms with Gasteiger partial charge in [-0.3, -0.25) is 14.4 Å². The fourth-order valence-corrected chi connectivity index (χ4v) is 4.15. The highest BCUT2D eigenvalue weighted by Gasteiger charge is 2.35. The maximum absolute atomic E-state index is 13.1. The van der Waals surface area contributed by atoms with E-state index in [-0.39, 0.29) is 11.9 Å². The molecule has 2 atom stereocenters. The van der Waals surface area contributed by atoms with Gasteiger partial charge in [0, 0.05) is 18.7 Å².